The molecular formula is C23H28ClN3O4S. The van der Waals surface area contributed by atoms with Crippen molar-refractivity contribution in [3.05, 3.63) is 53.1 Å². The maximum atomic E-state index is 13.2. The first-order valence-electron chi connectivity index (χ1n) is 10.8. The van der Waals surface area contributed by atoms with E-state index in [1.807, 2.05) is 25.1 Å². The Bertz CT molecular complexity index is 1100. The minimum absolute atomic E-state index is 0.0264. The van der Waals surface area contributed by atoms with Gasteiger partial charge >= 0.3 is 0 Å². The molecule has 172 valence electrons. The number of amides is 1. The molecule has 0 radical (unpaired) electrons. The second kappa shape index (κ2) is 9.39. The summed E-state index contributed by atoms with van der Waals surface area (Å²) in [6, 6.07) is 12.5. The molecule has 1 saturated heterocycles. The Hall–Kier alpha value is -2.13. The second-order valence-corrected chi connectivity index (χ2v) is 10.6. The monoisotopic (exact) mass is 477 g/mol. The molecule has 0 bridgehead atoms. The number of hydrogen-bond donors (Lipinski definition) is 0. The van der Waals surface area contributed by atoms with Crippen molar-refractivity contribution in [2.75, 3.05) is 44.2 Å². The molecule has 0 aliphatic carbocycles. The van der Waals surface area contributed by atoms with Crippen LogP contribution in [0.4, 0.5) is 5.69 Å². The van der Waals surface area contributed by atoms with Crippen molar-refractivity contribution in [3.63, 3.8) is 0 Å². The van der Waals surface area contributed by atoms with Gasteiger partial charge in [0.15, 0.2) is 0 Å². The Labute approximate surface area is 194 Å². The van der Waals surface area contributed by atoms with E-state index in [1.54, 1.807) is 33.5 Å². The summed E-state index contributed by atoms with van der Waals surface area (Å²) in [5.41, 5.74) is 1.72. The predicted molar refractivity (Wildman–Crippen MR) is 125 cm³/mol. The van der Waals surface area contributed by atoms with Crippen molar-refractivity contribution >= 4 is 33.2 Å². The average molecular weight is 478 g/mol. The maximum Gasteiger partial charge on any atom is 0.243 e. The van der Waals surface area contributed by atoms with Gasteiger partial charge in [-0.1, -0.05) is 23.7 Å². The van der Waals surface area contributed by atoms with Crippen molar-refractivity contribution in [1.29, 1.82) is 0 Å². The Morgan fingerprint density at radius 1 is 1.12 bits per heavy atom. The van der Waals surface area contributed by atoms with Gasteiger partial charge in [-0.05, 0) is 49.2 Å². The zero-order valence-electron chi connectivity index (χ0n) is 18.3. The van der Waals surface area contributed by atoms with Crippen molar-refractivity contribution in [1.82, 2.24) is 9.21 Å². The second-order valence-electron chi connectivity index (χ2n) is 8.26. The van der Waals surface area contributed by atoms with E-state index >= 15 is 0 Å². The largest absolute Gasteiger partial charge is 0.491 e. The smallest absolute Gasteiger partial charge is 0.243 e. The molecule has 4 rings (SSSR count). The van der Waals surface area contributed by atoms with Crippen LogP contribution >= 0.6 is 11.6 Å². The molecule has 0 saturated carbocycles. The van der Waals surface area contributed by atoms with Gasteiger partial charge in [-0.25, -0.2) is 8.42 Å². The molecule has 0 aromatic heterocycles. The highest BCUT2D eigenvalue weighted by Crippen LogP contribution is 2.34. The number of sulfonamides is 1. The summed E-state index contributed by atoms with van der Waals surface area (Å²) in [5.74, 6) is 0.631. The van der Waals surface area contributed by atoms with E-state index in [0.29, 0.717) is 61.4 Å². The molecule has 1 atom stereocenters. The number of rotatable bonds is 6. The quantitative estimate of drug-likeness (QED) is 0.639. The first-order valence-corrected chi connectivity index (χ1v) is 12.6. The third-order valence-electron chi connectivity index (χ3n) is 6.08. The summed E-state index contributed by atoms with van der Waals surface area (Å²) < 4.78 is 33.7. The van der Waals surface area contributed by atoms with Gasteiger partial charge in [-0.15, -0.1) is 0 Å². The van der Waals surface area contributed by atoms with Crippen LogP contribution in [0.2, 0.25) is 5.02 Å². The third-order valence-corrected chi connectivity index (χ3v) is 8.28. The van der Waals surface area contributed by atoms with Crippen molar-refractivity contribution in [2.45, 2.75) is 31.2 Å². The van der Waals surface area contributed by atoms with Gasteiger partial charge < -0.3 is 9.64 Å². The van der Waals surface area contributed by atoms with E-state index in [-0.39, 0.29) is 11.9 Å². The highest BCUT2D eigenvalue weighted by Gasteiger charge is 2.33. The summed E-state index contributed by atoms with van der Waals surface area (Å²) in [6.45, 7) is 6.86. The van der Waals surface area contributed by atoms with Gasteiger partial charge in [0.05, 0.1) is 9.92 Å². The highest BCUT2D eigenvalue weighted by atomic mass is 35.5. The number of hydrogen-bond acceptors (Lipinski definition) is 5. The number of para-hydroxylation sites is 1. The Morgan fingerprint density at radius 3 is 2.53 bits per heavy atom. The molecule has 32 heavy (non-hydrogen) atoms. The first-order chi connectivity index (χ1) is 15.3. The molecule has 7 nitrogen and oxygen atoms in total. The van der Waals surface area contributed by atoms with Crippen LogP contribution in [-0.4, -0.2) is 68.9 Å². The Morgan fingerprint density at radius 2 is 1.84 bits per heavy atom. The summed E-state index contributed by atoms with van der Waals surface area (Å²) >= 11 is 6.11. The van der Waals surface area contributed by atoms with Crippen LogP contribution in [0.5, 0.6) is 5.75 Å². The molecule has 2 heterocycles. The zero-order chi connectivity index (χ0) is 22.9. The Balaban J connectivity index is 1.35. The van der Waals surface area contributed by atoms with Gasteiger partial charge in [0.2, 0.25) is 15.9 Å². The molecule has 1 amide bonds. The van der Waals surface area contributed by atoms with Crippen molar-refractivity contribution in [2.24, 2.45) is 0 Å². The molecule has 2 aromatic carbocycles. The van der Waals surface area contributed by atoms with Crippen molar-refractivity contribution in [3.8, 4) is 5.75 Å². The zero-order valence-corrected chi connectivity index (χ0v) is 19.9. The SMILES string of the molecule is CC(=O)N1c2ccc(S(=O)(=O)N3CCN(CCOc4ccccc4Cl)CC3)cc2CC1C. The molecule has 2 aliphatic rings. The number of nitrogens with zero attached hydrogens (tertiary/aromatic N) is 3. The molecule has 0 spiro atoms. The molecule has 9 heteroatoms. The third kappa shape index (κ3) is 4.64. The average Bonchev–Trinajstić information content (AvgIpc) is 3.10. The van der Waals surface area contributed by atoms with Crippen LogP contribution in [0.25, 0.3) is 0 Å². The fourth-order valence-corrected chi connectivity index (χ4v) is 6.10. The minimum atomic E-state index is -3.58. The van der Waals surface area contributed by atoms with Gasteiger partial charge in [0, 0.05) is 51.4 Å². The lowest BCUT2D eigenvalue weighted by Gasteiger charge is -2.34. The van der Waals surface area contributed by atoms with E-state index in [9.17, 15) is 13.2 Å². The van der Waals surface area contributed by atoms with Gasteiger partial charge in [-0.3, -0.25) is 9.69 Å². The highest BCUT2D eigenvalue weighted by molar-refractivity contribution is 7.89. The van der Waals surface area contributed by atoms with E-state index in [2.05, 4.69) is 4.90 Å². The number of carbonyl (C=O) groups excluding carboxylic acids is 1. The lowest BCUT2D eigenvalue weighted by molar-refractivity contribution is -0.116. The molecule has 2 aliphatic heterocycles. The number of benzene rings is 2. The van der Waals surface area contributed by atoms with E-state index in [1.165, 1.54) is 6.92 Å². The molecule has 2 aromatic rings. The number of carbonyl (C=O) groups is 1. The normalized spacial score (nSPS) is 19.7. The van der Waals surface area contributed by atoms with Gasteiger partial charge in [0.1, 0.15) is 12.4 Å². The van der Waals surface area contributed by atoms with Gasteiger partial charge in [0.25, 0.3) is 0 Å². The van der Waals surface area contributed by atoms with E-state index in [0.717, 1.165) is 11.3 Å². The number of ether oxygens (including phenoxy) is 1. The maximum absolute atomic E-state index is 13.2. The van der Waals surface area contributed by atoms with E-state index < -0.39 is 10.0 Å². The standard InChI is InChI=1S/C23H28ClN3O4S/c1-17-15-19-16-20(7-8-22(19)27(17)18(2)28)32(29,30)26-11-9-25(10-12-26)13-14-31-23-6-4-3-5-21(23)24/h3-8,16-17H,9-15H2,1-2H3. The summed E-state index contributed by atoms with van der Waals surface area (Å²) in [4.78, 5) is 16.2. The number of halogens is 1. The Kier molecular flexibility index (Phi) is 6.76. The topological polar surface area (TPSA) is 70.2 Å². The fourth-order valence-electron chi connectivity index (χ4n) is 4.44. The number of fused-ring (bicyclic) bond motifs is 1. The molecular weight excluding hydrogens is 450 g/mol. The first kappa shape index (κ1) is 23.0. The van der Waals surface area contributed by atoms with Crippen LogP contribution in [0.15, 0.2) is 47.4 Å². The molecule has 0 N–H and O–H groups in total. The summed E-state index contributed by atoms with van der Waals surface area (Å²) in [5, 5.41) is 0.582. The summed E-state index contributed by atoms with van der Waals surface area (Å²) in [6.07, 6.45) is 0.664. The fraction of sp³-hybridized carbons (Fsp3) is 0.435. The van der Waals surface area contributed by atoms with Crippen LogP contribution in [-0.2, 0) is 21.2 Å². The molecule has 1 unspecified atom stereocenters. The van der Waals surface area contributed by atoms with E-state index in [4.69, 9.17) is 16.3 Å². The van der Waals surface area contributed by atoms with Crippen LogP contribution in [0, 0.1) is 0 Å². The number of anilines is 1. The van der Waals surface area contributed by atoms with Crippen LogP contribution < -0.4 is 9.64 Å². The predicted octanol–water partition coefficient (Wildman–Crippen LogP) is 3.02. The minimum Gasteiger partial charge on any atom is -0.491 e. The van der Waals surface area contributed by atoms with Crippen LogP contribution in [0.3, 0.4) is 0 Å². The summed E-state index contributed by atoms with van der Waals surface area (Å²) in [7, 11) is -3.58. The van der Waals surface area contributed by atoms with Gasteiger partial charge in [-0.2, -0.15) is 4.31 Å². The lowest BCUT2D eigenvalue weighted by atomic mass is 10.1. The molecule has 1 fully saturated rings. The number of piperazine rings is 1. The van der Waals surface area contributed by atoms with Crippen molar-refractivity contribution < 1.29 is 17.9 Å². The lowest BCUT2D eigenvalue weighted by Crippen LogP contribution is -2.49. The van der Waals surface area contributed by atoms with Crippen LogP contribution in [0.1, 0.15) is 19.4 Å².